The summed E-state index contributed by atoms with van der Waals surface area (Å²) >= 11 is 1.91. The van der Waals surface area contributed by atoms with E-state index in [1.807, 2.05) is 11.3 Å². The summed E-state index contributed by atoms with van der Waals surface area (Å²) in [4.78, 5) is 3.87. The minimum atomic E-state index is 0.762. The number of nitrogens with one attached hydrogen (secondary N) is 1. The number of rotatable bonds is 12. The molecule has 5 aromatic rings. The molecule has 1 saturated heterocycles. The molecule has 2 heterocycles. The van der Waals surface area contributed by atoms with Crippen LogP contribution in [0.15, 0.2) is 103 Å². The monoisotopic (exact) mass is 546 g/mol. The SMILES string of the molecule is c1ccc(CNCCc2ccc(-c3sc4ccccc4c3Cc3ccc(OCCN4CCCC4)cc3)cc2)cc1. The fourth-order valence-corrected chi connectivity index (χ4v) is 6.83. The summed E-state index contributed by atoms with van der Waals surface area (Å²) < 4.78 is 7.40. The topological polar surface area (TPSA) is 24.5 Å². The minimum absolute atomic E-state index is 0.762. The van der Waals surface area contributed by atoms with Crippen molar-refractivity contribution in [3.63, 3.8) is 0 Å². The second kappa shape index (κ2) is 13.3. The van der Waals surface area contributed by atoms with Crippen LogP contribution in [0.25, 0.3) is 20.5 Å². The fraction of sp³-hybridized carbons (Fsp3) is 0.278. The van der Waals surface area contributed by atoms with Crippen LogP contribution in [0.1, 0.15) is 35.1 Å². The van der Waals surface area contributed by atoms with E-state index in [9.17, 15) is 0 Å². The molecule has 0 atom stereocenters. The second-order valence-corrected chi connectivity index (χ2v) is 11.8. The van der Waals surface area contributed by atoms with Gasteiger partial charge in [-0.3, -0.25) is 4.90 Å². The van der Waals surface area contributed by atoms with Crippen LogP contribution in [-0.2, 0) is 19.4 Å². The molecule has 0 aliphatic carbocycles. The lowest BCUT2D eigenvalue weighted by Gasteiger charge is -2.15. The summed E-state index contributed by atoms with van der Waals surface area (Å²) in [7, 11) is 0. The van der Waals surface area contributed by atoms with E-state index < -0.39 is 0 Å². The van der Waals surface area contributed by atoms with Gasteiger partial charge in [0.2, 0.25) is 0 Å². The molecule has 204 valence electrons. The molecule has 1 aliphatic heterocycles. The first-order valence-electron chi connectivity index (χ1n) is 14.6. The average molecular weight is 547 g/mol. The van der Waals surface area contributed by atoms with Crippen LogP contribution in [0.5, 0.6) is 5.75 Å². The molecule has 1 N–H and O–H groups in total. The lowest BCUT2D eigenvalue weighted by atomic mass is 9.98. The largest absolute Gasteiger partial charge is 0.492 e. The number of thiophene rings is 1. The maximum atomic E-state index is 6.05. The number of hydrogen-bond donors (Lipinski definition) is 1. The number of likely N-dealkylation sites (tertiary alicyclic amines) is 1. The van der Waals surface area contributed by atoms with E-state index in [0.29, 0.717) is 0 Å². The van der Waals surface area contributed by atoms with Gasteiger partial charge in [0.25, 0.3) is 0 Å². The van der Waals surface area contributed by atoms with Gasteiger partial charge in [-0.2, -0.15) is 0 Å². The molecule has 40 heavy (non-hydrogen) atoms. The highest BCUT2D eigenvalue weighted by Gasteiger charge is 2.15. The Bertz CT molecular complexity index is 1490. The van der Waals surface area contributed by atoms with Gasteiger partial charge in [-0.25, -0.2) is 0 Å². The number of fused-ring (bicyclic) bond motifs is 1. The number of benzene rings is 4. The molecule has 4 aromatic carbocycles. The number of hydrogen-bond acceptors (Lipinski definition) is 4. The Hall–Kier alpha value is -3.44. The Morgan fingerprint density at radius 1 is 0.725 bits per heavy atom. The first kappa shape index (κ1) is 26.8. The van der Waals surface area contributed by atoms with Crippen LogP contribution >= 0.6 is 11.3 Å². The third-order valence-electron chi connectivity index (χ3n) is 7.86. The summed E-state index contributed by atoms with van der Waals surface area (Å²) in [6, 6.07) is 37.3. The maximum Gasteiger partial charge on any atom is 0.119 e. The molecule has 0 bridgehead atoms. The molecule has 1 fully saturated rings. The zero-order valence-electron chi connectivity index (χ0n) is 23.1. The first-order valence-corrected chi connectivity index (χ1v) is 15.4. The van der Waals surface area contributed by atoms with Gasteiger partial charge >= 0.3 is 0 Å². The normalized spacial score (nSPS) is 13.7. The second-order valence-electron chi connectivity index (χ2n) is 10.7. The molecule has 0 amide bonds. The van der Waals surface area contributed by atoms with Gasteiger partial charge in [0.15, 0.2) is 0 Å². The molecular formula is C36H38N2OS. The van der Waals surface area contributed by atoms with Crippen molar-refractivity contribution in [2.24, 2.45) is 0 Å². The van der Waals surface area contributed by atoms with Gasteiger partial charge in [0.1, 0.15) is 12.4 Å². The maximum absolute atomic E-state index is 6.05. The van der Waals surface area contributed by atoms with Crippen LogP contribution in [0, 0.1) is 0 Å². The Kier molecular flexibility index (Phi) is 8.88. The van der Waals surface area contributed by atoms with E-state index in [4.69, 9.17) is 4.74 Å². The Labute approximate surface area is 242 Å². The molecule has 4 heteroatoms. The average Bonchev–Trinajstić information content (AvgIpc) is 3.66. The van der Waals surface area contributed by atoms with Crippen molar-refractivity contribution >= 4 is 21.4 Å². The predicted molar refractivity (Wildman–Crippen MR) is 170 cm³/mol. The zero-order chi connectivity index (χ0) is 27.0. The smallest absolute Gasteiger partial charge is 0.119 e. The molecule has 6 rings (SSSR count). The molecule has 1 aliphatic rings. The molecular weight excluding hydrogens is 508 g/mol. The van der Waals surface area contributed by atoms with E-state index >= 15 is 0 Å². The van der Waals surface area contributed by atoms with Crippen molar-refractivity contribution in [1.29, 1.82) is 0 Å². The lowest BCUT2D eigenvalue weighted by Crippen LogP contribution is -2.25. The summed E-state index contributed by atoms with van der Waals surface area (Å²) in [5.74, 6) is 0.965. The fourth-order valence-electron chi connectivity index (χ4n) is 5.60. The molecule has 3 nitrogen and oxygen atoms in total. The van der Waals surface area contributed by atoms with Gasteiger partial charge in [-0.15, -0.1) is 11.3 Å². The van der Waals surface area contributed by atoms with Gasteiger partial charge < -0.3 is 10.1 Å². The van der Waals surface area contributed by atoms with Crippen molar-refractivity contribution in [3.05, 3.63) is 125 Å². The highest BCUT2D eigenvalue weighted by Crippen LogP contribution is 2.40. The third kappa shape index (κ3) is 6.82. The molecule has 1 aromatic heterocycles. The van der Waals surface area contributed by atoms with Crippen molar-refractivity contribution in [1.82, 2.24) is 10.2 Å². The summed E-state index contributed by atoms with van der Waals surface area (Å²) in [6.07, 6.45) is 4.59. The van der Waals surface area contributed by atoms with Crippen LogP contribution in [0.3, 0.4) is 0 Å². The third-order valence-corrected chi connectivity index (χ3v) is 9.12. The predicted octanol–water partition coefficient (Wildman–Crippen LogP) is 7.97. The van der Waals surface area contributed by atoms with Gasteiger partial charge in [-0.05, 0) is 96.7 Å². The van der Waals surface area contributed by atoms with Crippen LogP contribution in [0.2, 0.25) is 0 Å². The Balaban J connectivity index is 1.11. The van der Waals surface area contributed by atoms with E-state index in [1.165, 1.54) is 68.7 Å². The van der Waals surface area contributed by atoms with Crippen molar-refractivity contribution in [3.8, 4) is 16.2 Å². The highest BCUT2D eigenvalue weighted by atomic mass is 32.1. The standard InChI is InChI=1S/C36H38N2OS/c1-2-8-30(9-3-1)27-37-21-20-28-12-16-31(17-13-28)36-34(33-10-4-5-11-35(33)40-36)26-29-14-18-32(19-15-29)39-25-24-38-22-6-7-23-38/h1-5,8-19,37H,6-7,20-27H2. The van der Waals surface area contributed by atoms with E-state index in [1.54, 1.807) is 0 Å². The minimum Gasteiger partial charge on any atom is -0.492 e. The highest BCUT2D eigenvalue weighted by molar-refractivity contribution is 7.22. The number of nitrogens with zero attached hydrogens (tertiary/aromatic N) is 1. The van der Waals surface area contributed by atoms with Crippen LogP contribution in [0.4, 0.5) is 0 Å². The van der Waals surface area contributed by atoms with Crippen molar-refractivity contribution in [2.75, 3.05) is 32.8 Å². The molecule has 0 saturated carbocycles. The van der Waals surface area contributed by atoms with Gasteiger partial charge in [0, 0.05) is 22.7 Å². The van der Waals surface area contributed by atoms with Crippen LogP contribution in [-0.4, -0.2) is 37.7 Å². The van der Waals surface area contributed by atoms with Gasteiger partial charge in [-0.1, -0.05) is 84.9 Å². The lowest BCUT2D eigenvalue weighted by molar-refractivity contribution is 0.238. The quantitative estimate of drug-likeness (QED) is 0.161. The summed E-state index contributed by atoms with van der Waals surface area (Å²) in [5, 5.41) is 4.93. The molecule has 0 unspecified atom stereocenters. The Morgan fingerprint density at radius 2 is 1.45 bits per heavy atom. The van der Waals surface area contributed by atoms with Gasteiger partial charge in [0.05, 0.1) is 0 Å². The van der Waals surface area contributed by atoms with Crippen molar-refractivity contribution in [2.45, 2.75) is 32.2 Å². The first-order chi connectivity index (χ1) is 19.8. The van der Waals surface area contributed by atoms with E-state index in [-0.39, 0.29) is 0 Å². The van der Waals surface area contributed by atoms with E-state index in [2.05, 4.69) is 113 Å². The Morgan fingerprint density at radius 3 is 2.25 bits per heavy atom. The molecule has 0 radical (unpaired) electrons. The zero-order valence-corrected chi connectivity index (χ0v) is 24.0. The summed E-state index contributed by atoms with van der Waals surface area (Å²) in [6.45, 7) is 6.10. The van der Waals surface area contributed by atoms with Crippen LogP contribution < -0.4 is 10.1 Å². The van der Waals surface area contributed by atoms with Crippen molar-refractivity contribution < 1.29 is 4.74 Å². The molecule has 0 spiro atoms. The number of ether oxygens (including phenoxy) is 1. The van der Waals surface area contributed by atoms with E-state index in [0.717, 1.165) is 44.8 Å². The summed E-state index contributed by atoms with van der Waals surface area (Å²) in [5.41, 5.74) is 6.74.